The van der Waals surface area contributed by atoms with Gasteiger partial charge in [-0.3, -0.25) is 0 Å². The van der Waals surface area contributed by atoms with Crippen LogP contribution in [-0.4, -0.2) is 61.0 Å². The Labute approximate surface area is 190 Å². The van der Waals surface area contributed by atoms with Gasteiger partial charge in [-0.25, -0.2) is 27.1 Å². The molecule has 0 aliphatic heterocycles. The first-order valence-corrected chi connectivity index (χ1v) is 12.3. The molecule has 0 radical (unpaired) electrons. The Kier molecular flexibility index (Phi) is 5.73. The average Bonchev–Trinajstić information content (AvgIpc) is 3.39. The number of imidazole rings is 1. The van der Waals surface area contributed by atoms with E-state index in [2.05, 4.69) is 20.3 Å². The van der Waals surface area contributed by atoms with Crippen LogP contribution in [0.4, 0.5) is 0 Å². The van der Waals surface area contributed by atoms with Crippen molar-refractivity contribution in [2.24, 2.45) is 0 Å². The van der Waals surface area contributed by atoms with Crippen molar-refractivity contribution < 1.29 is 8.42 Å². The number of benzene rings is 1. The first-order chi connectivity index (χ1) is 15.1. The predicted molar refractivity (Wildman–Crippen MR) is 123 cm³/mol. The Morgan fingerprint density at radius 3 is 2.53 bits per heavy atom. The van der Waals surface area contributed by atoms with Crippen LogP contribution in [0.5, 0.6) is 0 Å². The van der Waals surface area contributed by atoms with Crippen molar-refractivity contribution in [2.75, 3.05) is 19.9 Å². The van der Waals surface area contributed by atoms with Gasteiger partial charge in [0.25, 0.3) is 5.95 Å². The van der Waals surface area contributed by atoms with Crippen molar-refractivity contribution in [1.29, 1.82) is 0 Å². The minimum absolute atomic E-state index is 0.214. The molecule has 0 fully saturated rings. The lowest BCUT2D eigenvalue weighted by Crippen LogP contribution is -2.22. The van der Waals surface area contributed by atoms with Crippen molar-refractivity contribution in [3.8, 4) is 5.95 Å². The molecule has 0 atom stereocenters. The van der Waals surface area contributed by atoms with Crippen LogP contribution in [-0.2, 0) is 22.3 Å². The van der Waals surface area contributed by atoms with Crippen LogP contribution in [0.1, 0.15) is 24.1 Å². The first-order valence-electron chi connectivity index (χ1n) is 9.92. The highest BCUT2D eigenvalue weighted by atomic mass is 32.2. The largest absolute Gasteiger partial charge is 0.334 e. The van der Waals surface area contributed by atoms with Gasteiger partial charge in [0, 0.05) is 26.3 Å². The molecule has 2 N–H and O–H groups in total. The average molecular weight is 476 g/mol. The van der Waals surface area contributed by atoms with Crippen molar-refractivity contribution >= 4 is 32.8 Å². The third kappa shape index (κ3) is 3.76. The number of nitrogen functional groups attached to an aromatic ring is 1. The number of aromatic nitrogens is 7. The lowest BCUT2D eigenvalue weighted by molar-refractivity contribution is 0.521. The zero-order valence-electron chi connectivity index (χ0n) is 18.5. The van der Waals surface area contributed by atoms with E-state index < -0.39 is 10.0 Å². The summed E-state index contributed by atoms with van der Waals surface area (Å²) in [6.45, 7) is 6.54. The van der Waals surface area contributed by atoms with Crippen LogP contribution in [0.2, 0.25) is 0 Å². The van der Waals surface area contributed by atoms with Crippen molar-refractivity contribution in [1.82, 2.24) is 38.5 Å². The summed E-state index contributed by atoms with van der Waals surface area (Å²) in [5.74, 6) is 7.95. The van der Waals surface area contributed by atoms with E-state index in [4.69, 9.17) is 5.84 Å². The molecule has 0 spiro atoms. The normalized spacial score (nSPS) is 12.3. The summed E-state index contributed by atoms with van der Waals surface area (Å²) < 4.78 is 31.3. The number of nitrogens with two attached hydrogens (primary N) is 1. The molecule has 0 saturated carbocycles. The maximum absolute atomic E-state index is 12.5. The van der Waals surface area contributed by atoms with Crippen LogP contribution in [0.3, 0.4) is 0 Å². The molecule has 4 rings (SSSR count). The standard InChI is InChI=1S/C19H25N9O2S2/c1-6-26-16-8-7-14(32(29,30)25(4)5)10-15(16)21-17(26)11-31-19-23-22-18(27(19)20)28-13(3)9-12(2)24-28/h7-10H,6,11,20H2,1-5H3. The molecule has 11 nitrogen and oxygen atoms in total. The molecule has 0 amide bonds. The molecule has 13 heteroatoms. The molecule has 3 heterocycles. The van der Waals surface area contributed by atoms with Gasteiger partial charge in [0.2, 0.25) is 15.2 Å². The zero-order valence-corrected chi connectivity index (χ0v) is 20.1. The summed E-state index contributed by atoms with van der Waals surface area (Å²) in [7, 11) is -0.514. The Bertz CT molecular complexity index is 1400. The van der Waals surface area contributed by atoms with Gasteiger partial charge in [0.05, 0.1) is 27.4 Å². The predicted octanol–water partition coefficient (Wildman–Crippen LogP) is 1.71. The highest BCUT2D eigenvalue weighted by molar-refractivity contribution is 7.98. The summed E-state index contributed by atoms with van der Waals surface area (Å²) in [6, 6.07) is 6.95. The van der Waals surface area contributed by atoms with Gasteiger partial charge in [-0.1, -0.05) is 11.8 Å². The third-order valence-corrected chi connectivity index (χ3v) is 7.82. The van der Waals surface area contributed by atoms with E-state index in [0.29, 0.717) is 28.9 Å². The van der Waals surface area contributed by atoms with Gasteiger partial charge in [-0.2, -0.15) is 5.10 Å². The van der Waals surface area contributed by atoms with Crippen LogP contribution in [0, 0.1) is 13.8 Å². The van der Waals surface area contributed by atoms with E-state index in [-0.39, 0.29) is 4.90 Å². The minimum Gasteiger partial charge on any atom is -0.334 e. The summed E-state index contributed by atoms with van der Waals surface area (Å²) in [5, 5.41) is 13.3. The topological polar surface area (TPSA) is 130 Å². The smallest absolute Gasteiger partial charge is 0.271 e. The molecule has 0 aliphatic rings. The van der Waals surface area contributed by atoms with E-state index in [1.807, 2.05) is 31.4 Å². The number of hydrogen-bond acceptors (Lipinski definition) is 8. The number of aryl methyl sites for hydroxylation is 3. The Balaban J connectivity index is 1.63. The monoisotopic (exact) mass is 475 g/mol. The molecule has 0 bridgehead atoms. The maximum atomic E-state index is 12.5. The van der Waals surface area contributed by atoms with Crippen molar-refractivity contribution in [3.05, 3.63) is 41.5 Å². The second kappa shape index (κ2) is 8.22. The van der Waals surface area contributed by atoms with E-state index in [1.165, 1.54) is 34.8 Å². The zero-order chi connectivity index (χ0) is 23.2. The van der Waals surface area contributed by atoms with Gasteiger partial charge in [0.15, 0.2) is 0 Å². The van der Waals surface area contributed by atoms with Crippen molar-refractivity contribution in [3.63, 3.8) is 0 Å². The number of thioether (sulfide) groups is 1. The van der Waals surface area contributed by atoms with E-state index >= 15 is 0 Å². The van der Waals surface area contributed by atoms with Gasteiger partial charge in [-0.05, 0) is 45.0 Å². The number of hydrogen-bond donors (Lipinski definition) is 1. The fourth-order valence-corrected chi connectivity index (χ4v) is 5.19. The molecule has 0 aliphatic carbocycles. The van der Waals surface area contributed by atoms with E-state index in [9.17, 15) is 8.42 Å². The Morgan fingerprint density at radius 1 is 1.16 bits per heavy atom. The fourth-order valence-electron chi connectivity index (χ4n) is 3.47. The second-order valence-corrected chi connectivity index (χ2v) is 10.6. The summed E-state index contributed by atoms with van der Waals surface area (Å²) in [4.78, 5) is 4.90. The molecular formula is C19H25N9O2S2. The quantitative estimate of drug-likeness (QED) is 0.316. The van der Waals surface area contributed by atoms with Gasteiger partial charge in [0.1, 0.15) is 5.82 Å². The van der Waals surface area contributed by atoms with Gasteiger partial charge in [-0.15, -0.1) is 10.2 Å². The van der Waals surface area contributed by atoms with E-state index in [0.717, 1.165) is 22.7 Å². The van der Waals surface area contributed by atoms with Crippen LogP contribution in [0.15, 0.2) is 34.3 Å². The number of fused-ring (bicyclic) bond motifs is 1. The molecule has 1 aromatic carbocycles. The molecule has 32 heavy (non-hydrogen) atoms. The van der Waals surface area contributed by atoms with Gasteiger partial charge < -0.3 is 10.4 Å². The fraction of sp³-hybridized carbons (Fsp3) is 0.368. The molecule has 170 valence electrons. The molecule has 0 unspecified atom stereocenters. The number of sulfonamides is 1. The lowest BCUT2D eigenvalue weighted by Gasteiger charge is -2.11. The summed E-state index contributed by atoms with van der Waals surface area (Å²) in [5.41, 5.74) is 3.28. The molecule has 0 saturated heterocycles. The lowest BCUT2D eigenvalue weighted by atomic mass is 10.3. The van der Waals surface area contributed by atoms with Gasteiger partial charge >= 0.3 is 0 Å². The number of rotatable bonds is 7. The minimum atomic E-state index is -3.53. The highest BCUT2D eigenvalue weighted by Gasteiger charge is 2.20. The Morgan fingerprint density at radius 2 is 1.91 bits per heavy atom. The number of nitrogens with zero attached hydrogens (tertiary/aromatic N) is 8. The van der Waals surface area contributed by atoms with Crippen LogP contribution < -0.4 is 5.84 Å². The van der Waals surface area contributed by atoms with E-state index in [1.54, 1.807) is 22.9 Å². The Hall–Kier alpha value is -2.90. The molecular weight excluding hydrogens is 450 g/mol. The van der Waals surface area contributed by atoms with Crippen molar-refractivity contribution in [2.45, 2.75) is 43.1 Å². The summed E-state index contributed by atoms with van der Waals surface area (Å²) in [6.07, 6.45) is 0. The summed E-state index contributed by atoms with van der Waals surface area (Å²) >= 11 is 1.40. The third-order valence-electron chi connectivity index (χ3n) is 5.07. The van der Waals surface area contributed by atoms with Crippen LogP contribution >= 0.6 is 11.8 Å². The SMILES string of the molecule is CCn1c(CSc2nnc(-n3nc(C)cc3C)n2N)nc2cc(S(=O)(=O)N(C)C)ccc21. The molecule has 3 aromatic heterocycles. The second-order valence-electron chi connectivity index (χ2n) is 7.49. The van der Waals surface area contributed by atoms with Crippen LogP contribution in [0.25, 0.3) is 17.0 Å². The highest BCUT2D eigenvalue weighted by Crippen LogP contribution is 2.26. The molecule has 4 aromatic rings. The maximum Gasteiger partial charge on any atom is 0.271 e. The first kappa shape index (κ1) is 22.3.